The zero-order valence-electron chi connectivity index (χ0n) is 18.8. The molecule has 0 saturated carbocycles. The molecule has 1 atom stereocenters. The average Bonchev–Trinajstić information content (AvgIpc) is 3.03. The average molecular weight is 416 g/mol. The molecule has 3 aromatic rings. The van der Waals surface area contributed by atoms with Gasteiger partial charge in [0.15, 0.2) is 0 Å². The molecule has 1 heterocycles. The Morgan fingerprint density at radius 1 is 1.06 bits per heavy atom. The summed E-state index contributed by atoms with van der Waals surface area (Å²) in [5.74, 6) is 4.72. The van der Waals surface area contributed by atoms with Crippen molar-refractivity contribution in [1.29, 1.82) is 0 Å². The first-order chi connectivity index (χ1) is 14.7. The molecule has 31 heavy (non-hydrogen) atoms. The Morgan fingerprint density at radius 2 is 1.71 bits per heavy atom. The van der Waals surface area contributed by atoms with Crippen molar-refractivity contribution in [2.24, 2.45) is 7.05 Å². The van der Waals surface area contributed by atoms with Gasteiger partial charge in [-0.2, -0.15) is 0 Å². The Kier molecular flexibility index (Phi) is 6.50. The Hall–Kier alpha value is -3.52. The van der Waals surface area contributed by atoms with E-state index in [-0.39, 0.29) is 18.4 Å². The highest BCUT2D eigenvalue weighted by atomic mass is 16.2. The lowest BCUT2D eigenvalue weighted by Gasteiger charge is -2.32. The standard InChI is InChI=1S/C26H29N3O2/c1-6-12-23(30)29(18-20-17-28(5)22-16-11-10-15-21(20)22)24(19-13-8-7-9-14-19)25(31)27-26(2,3)4/h7-11,13-17,24H,18H2,1-5H3,(H,27,31). The molecule has 0 saturated heterocycles. The molecule has 0 aliphatic rings. The molecule has 1 unspecified atom stereocenters. The molecule has 5 heteroatoms. The van der Waals surface area contributed by atoms with Gasteiger partial charge in [0.05, 0.1) is 0 Å². The number of para-hydroxylation sites is 1. The van der Waals surface area contributed by atoms with E-state index in [4.69, 9.17) is 0 Å². The molecule has 1 aromatic heterocycles. The Labute approximate surface area is 184 Å². The summed E-state index contributed by atoms with van der Waals surface area (Å²) in [6.45, 7) is 7.67. The minimum absolute atomic E-state index is 0.231. The predicted molar refractivity (Wildman–Crippen MR) is 124 cm³/mol. The number of rotatable bonds is 5. The van der Waals surface area contributed by atoms with Gasteiger partial charge < -0.3 is 14.8 Å². The molecule has 2 aromatic carbocycles. The number of aromatic nitrogens is 1. The first-order valence-corrected chi connectivity index (χ1v) is 10.3. The maximum atomic E-state index is 13.4. The lowest BCUT2D eigenvalue weighted by Crippen LogP contribution is -2.48. The molecule has 0 aliphatic heterocycles. The van der Waals surface area contributed by atoms with Crippen LogP contribution in [-0.4, -0.2) is 26.8 Å². The van der Waals surface area contributed by atoms with Crippen LogP contribution in [0.15, 0.2) is 60.8 Å². The van der Waals surface area contributed by atoms with Crippen LogP contribution in [0.1, 0.15) is 44.9 Å². The molecule has 0 bridgehead atoms. The van der Waals surface area contributed by atoms with Crippen LogP contribution in [0.25, 0.3) is 10.9 Å². The number of fused-ring (bicyclic) bond motifs is 1. The maximum absolute atomic E-state index is 13.4. The molecular formula is C26H29N3O2. The van der Waals surface area contributed by atoms with E-state index >= 15 is 0 Å². The predicted octanol–water partition coefficient (Wildman–Crippen LogP) is 4.19. The van der Waals surface area contributed by atoms with Gasteiger partial charge in [-0.25, -0.2) is 0 Å². The first-order valence-electron chi connectivity index (χ1n) is 10.3. The topological polar surface area (TPSA) is 54.3 Å². The van der Waals surface area contributed by atoms with Crippen LogP contribution in [0.4, 0.5) is 0 Å². The van der Waals surface area contributed by atoms with Crippen molar-refractivity contribution < 1.29 is 9.59 Å². The number of carbonyl (C=O) groups excluding carboxylic acids is 2. The summed E-state index contributed by atoms with van der Waals surface area (Å²) in [6, 6.07) is 16.6. The van der Waals surface area contributed by atoms with Gasteiger partial charge in [-0.3, -0.25) is 9.59 Å². The van der Waals surface area contributed by atoms with Gasteiger partial charge in [-0.05, 0) is 50.8 Å². The van der Waals surface area contributed by atoms with Gasteiger partial charge in [-0.1, -0.05) is 54.5 Å². The van der Waals surface area contributed by atoms with E-state index in [0.717, 1.165) is 22.0 Å². The molecule has 0 fully saturated rings. The minimum atomic E-state index is -0.798. The second-order valence-corrected chi connectivity index (χ2v) is 8.64. The van der Waals surface area contributed by atoms with Crippen LogP contribution in [0, 0.1) is 11.8 Å². The third kappa shape index (κ3) is 5.16. The summed E-state index contributed by atoms with van der Waals surface area (Å²) in [7, 11) is 1.98. The Morgan fingerprint density at radius 3 is 2.35 bits per heavy atom. The fourth-order valence-corrected chi connectivity index (χ4v) is 3.74. The normalized spacial score (nSPS) is 12.0. The number of benzene rings is 2. The number of aryl methyl sites for hydroxylation is 1. The number of hydrogen-bond donors (Lipinski definition) is 1. The Balaban J connectivity index is 2.11. The van der Waals surface area contributed by atoms with Crippen LogP contribution in [0.2, 0.25) is 0 Å². The summed E-state index contributed by atoms with van der Waals surface area (Å²) in [5, 5.41) is 4.09. The molecule has 160 valence electrons. The molecule has 0 spiro atoms. The van der Waals surface area contributed by atoms with Crippen LogP contribution in [0.5, 0.6) is 0 Å². The van der Waals surface area contributed by atoms with Crippen molar-refractivity contribution in [3.05, 3.63) is 71.9 Å². The van der Waals surface area contributed by atoms with Gasteiger partial charge >= 0.3 is 0 Å². The highest BCUT2D eigenvalue weighted by Crippen LogP contribution is 2.28. The number of hydrogen-bond acceptors (Lipinski definition) is 2. The number of nitrogens with zero attached hydrogens (tertiary/aromatic N) is 2. The highest BCUT2D eigenvalue weighted by Gasteiger charge is 2.33. The summed E-state index contributed by atoms with van der Waals surface area (Å²) >= 11 is 0. The Bertz CT molecular complexity index is 1140. The summed E-state index contributed by atoms with van der Waals surface area (Å²) in [6.07, 6.45) is 2.01. The molecule has 0 aliphatic carbocycles. The van der Waals surface area contributed by atoms with Crippen molar-refractivity contribution in [1.82, 2.24) is 14.8 Å². The summed E-state index contributed by atoms with van der Waals surface area (Å²) < 4.78 is 2.03. The van der Waals surface area contributed by atoms with Crippen molar-refractivity contribution >= 4 is 22.7 Å². The molecule has 5 nitrogen and oxygen atoms in total. The molecule has 3 rings (SSSR count). The lowest BCUT2D eigenvalue weighted by atomic mass is 10.0. The number of carbonyl (C=O) groups is 2. The van der Waals surface area contributed by atoms with Crippen LogP contribution in [-0.2, 0) is 23.2 Å². The van der Waals surface area contributed by atoms with E-state index in [1.165, 1.54) is 0 Å². The van der Waals surface area contributed by atoms with E-state index in [2.05, 4.69) is 17.2 Å². The van der Waals surface area contributed by atoms with Crippen molar-refractivity contribution in [2.45, 2.75) is 45.8 Å². The second kappa shape index (κ2) is 9.09. The number of amides is 2. The first kappa shape index (κ1) is 22.2. The van der Waals surface area contributed by atoms with E-state index < -0.39 is 11.6 Å². The largest absolute Gasteiger partial charge is 0.350 e. The zero-order chi connectivity index (χ0) is 22.6. The fraction of sp³-hybridized carbons (Fsp3) is 0.308. The highest BCUT2D eigenvalue weighted by molar-refractivity contribution is 5.98. The van der Waals surface area contributed by atoms with E-state index in [1.807, 2.05) is 93.2 Å². The fourth-order valence-electron chi connectivity index (χ4n) is 3.74. The zero-order valence-corrected chi connectivity index (χ0v) is 18.8. The third-order valence-electron chi connectivity index (χ3n) is 4.99. The quantitative estimate of drug-likeness (QED) is 0.636. The maximum Gasteiger partial charge on any atom is 0.299 e. The van der Waals surface area contributed by atoms with Crippen LogP contribution < -0.4 is 5.32 Å². The second-order valence-electron chi connectivity index (χ2n) is 8.64. The third-order valence-corrected chi connectivity index (χ3v) is 4.99. The van der Waals surface area contributed by atoms with Gasteiger partial charge in [0.1, 0.15) is 6.04 Å². The van der Waals surface area contributed by atoms with Gasteiger partial charge in [0.2, 0.25) is 5.91 Å². The molecule has 2 amide bonds. The van der Waals surface area contributed by atoms with Crippen molar-refractivity contribution in [3.8, 4) is 11.8 Å². The van der Waals surface area contributed by atoms with Crippen molar-refractivity contribution in [3.63, 3.8) is 0 Å². The molecule has 1 N–H and O–H groups in total. The van der Waals surface area contributed by atoms with Gasteiger partial charge in [0.25, 0.3) is 5.91 Å². The van der Waals surface area contributed by atoms with Crippen LogP contribution >= 0.6 is 0 Å². The van der Waals surface area contributed by atoms with Crippen molar-refractivity contribution in [2.75, 3.05) is 0 Å². The monoisotopic (exact) mass is 415 g/mol. The smallest absolute Gasteiger partial charge is 0.299 e. The van der Waals surface area contributed by atoms with Gasteiger partial charge in [-0.15, -0.1) is 0 Å². The van der Waals surface area contributed by atoms with E-state index in [1.54, 1.807) is 11.8 Å². The minimum Gasteiger partial charge on any atom is -0.350 e. The van der Waals surface area contributed by atoms with Gasteiger partial charge in [0, 0.05) is 36.2 Å². The summed E-state index contributed by atoms with van der Waals surface area (Å²) in [5.41, 5.74) is 2.35. The van der Waals surface area contributed by atoms with E-state index in [9.17, 15) is 9.59 Å². The van der Waals surface area contributed by atoms with E-state index in [0.29, 0.717) is 0 Å². The van der Waals surface area contributed by atoms with Crippen LogP contribution in [0.3, 0.4) is 0 Å². The summed E-state index contributed by atoms with van der Waals surface area (Å²) in [4.78, 5) is 28.1. The number of nitrogens with one attached hydrogen (secondary N) is 1. The SMILES string of the molecule is CC#CC(=O)N(Cc1cn(C)c2ccccc12)C(C(=O)NC(C)(C)C)c1ccccc1. The molecule has 0 radical (unpaired) electrons. The lowest BCUT2D eigenvalue weighted by molar-refractivity contribution is -0.138. The molecular weight excluding hydrogens is 386 g/mol.